The van der Waals surface area contributed by atoms with Crippen molar-refractivity contribution in [2.45, 2.75) is 38.8 Å². The first-order valence-corrected chi connectivity index (χ1v) is 7.68. The van der Waals surface area contributed by atoms with E-state index in [9.17, 15) is 4.79 Å². The average molecular weight is 294 g/mol. The lowest BCUT2D eigenvalue weighted by molar-refractivity contribution is -0.130. The van der Waals surface area contributed by atoms with E-state index in [1.54, 1.807) is 25.2 Å². The minimum absolute atomic E-state index is 0.174. The molecule has 2 rings (SSSR count). The number of carbonyl (C=O) groups is 1. The first-order valence-electron chi connectivity index (χ1n) is 7.68. The molecule has 0 radical (unpaired) electrons. The van der Waals surface area contributed by atoms with Gasteiger partial charge in [-0.05, 0) is 12.8 Å². The Morgan fingerprint density at radius 1 is 1.48 bits per heavy atom. The van der Waals surface area contributed by atoms with Gasteiger partial charge in [0.2, 0.25) is 11.8 Å². The molecule has 0 aromatic carbocycles. The van der Waals surface area contributed by atoms with Crippen LogP contribution in [0.15, 0.2) is 10.6 Å². The van der Waals surface area contributed by atoms with Crippen molar-refractivity contribution in [2.75, 3.05) is 33.7 Å². The molecule has 1 fully saturated rings. The third-order valence-electron chi connectivity index (χ3n) is 3.94. The molecule has 1 saturated heterocycles. The van der Waals surface area contributed by atoms with Crippen LogP contribution in [0.3, 0.4) is 0 Å². The van der Waals surface area contributed by atoms with Crippen molar-refractivity contribution in [2.24, 2.45) is 0 Å². The van der Waals surface area contributed by atoms with Crippen LogP contribution in [0.2, 0.25) is 0 Å². The molecule has 21 heavy (non-hydrogen) atoms. The molecule has 1 aromatic heterocycles. The first kappa shape index (κ1) is 16.0. The fraction of sp³-hybridized carbons (Fsp3) is 0.733. The number of likely N-dealkylation sites (N-methyl/N-ethyl adjacent to an activating group) is 1. The topological polar surface area (TPSA) is 61.6 Å². The quantitative estimate of drug-likeness (QED) is 0.844. The largest absolute Gasteiger partial charge is 0.444 e. The van der Waals surface area contributed by atoms with Crippen LogP contribution in [0.1, 0.15) is 31.4 Å². The maximum absolute atomic E-state index is 11.7. The molecule has 1 aliphatic heterocycles. The molecule has 1 aliphatic rings. The van der Waals surface area contributed by atoms with E-state index in [2.05, 4.69) is 22.1 Å². The van der Waals surface area contributed by atoms with Crippen molar-refractivity contribution in [3.05, 3.63) is 17.8 Å². The Morgan fingerprint density at radius 2 is 2.19 bits per heavy atom. The highest BCUT2D eigenvalue weighted by Gasteiger charge is 2.21. The zero-order valence-corrected chi connectivity index (χ0v) is 13.3. The SMILES string of the molecule is CCc1cnc(CNC2CCN(CC(=O)N(C)C)CC2)o1. The highest BCUT2D eigenvalue weighted by molar-refractivity contribution is 5.77. The van der Waals surface area contributed by atoms with Crippen molar-refractivity contribution in [1.82, 2.24) is 20.1 Å². The smallest absolute Gasteiger partial charge is 0.236 e. The molecule has 0 aliphatic carbocycles. The van der Waals surface area contributed by atoms with Crippen molar-refractivity contribution in [3.8, 4) is 0 Å². The van der Waals surface area contributed by atoms with Gasteiger partial charge < -0.3 is 14.6 Å². The Kier molecular flexibility index (Phi) is 5.76. The van der Waals surface area contributed by atoms with E-state index in [1.807, 2.05) is 0 Å². The van der Waals surface area contributed by atoms with Crippen LogP contribution in [0.5, 0.6) is 0 Å². The number of amides is 1. The minimum atomic E-state index is 0.174. The Balaban J connectivity index is 1.68. The summed E-state index contributed by atoms with van der Waals surface area (Å²) in [4.78, 5) is 19.8. The van der Waals surface area contributed by atoms with Crippen molar-refractivity contribution < 1.29 is 9.21 Å². The van der Waals surface area contributed by atoms with E-state index in [0.29, 0.717) is 19.1 Å². The van der Waals surface area contributed by atoms with Crippen LogP contribution in [-0.2, 0) is 17.8 Å². The van der Waals surface area contributed by atoms with E-state index in [-0.39, 0.29) is 5.91 Å². The summed E-state index contributed by atoms with van der Waals surface area (Å²) in [5.74, 6) is 1.87. The fourth-order valence-corrected chi connectivity index (χ4v) is 2.45. The molecule has 1 aromatic rings. The number of likely N-dealkylation sites (tertiary alicyclic amines) is 1. The fourth-order valence-electron chi connectivity index (χ4n) is 2.45. The van der Waals surface area contributed by atoms with Gasteiger partial charge in [-0.15, -0.1) is 0 Å². The van der Waals surface area contributed by atoms with Gasteiger partial charge in [-0.2, -0.15) is 0 Å². The average Bonchev–Trinajstić information content (AvgIpc) is 2.94. The molecule has 118 valence electrons. The molecular formula is C15H26N4O2. The second kappa shape index (κ2) is 7.56. The van der Waals surface area contributed by atoms with Gasteiger partial charge in [0.05, 0.1) is 19.3 Å². The number of nitrogens with zero attached hydrogens (tertiary/aromatic N) is 3. The number of oxazole rings is 1. The number of hydrogen-bond donors (Lipinski definition) is 1. The highest BCUT2D eigenvalue weighted by atomic mass is 16.4. The Hall–Kier alpha value is -1.40. The molecule has 2 heterocycles. The van der Waals surface area contributed by atoms with Crippen molar-refractivity contribution in [3.63, 3.8) is 0 Å². The maximum Gasteiger partial charge on any atom is 0.236 e. The monoisotopic (exact) mass is 294 g/mol. The van der Waals surface area contributed by atoms with Crippen LogP contribution in [0, 0.1) is 0 Å². The molecule has 0 bridgehead atoms. The van der Waals surface area contributed by atoms with Gasteiger partial charge in [0.1, 0.15) is 5.76 Å². The zero-order chi connectivity index (χ0) is 15.2. The number of rotatable bonds is 6. The van der Waals surface area contributed by atoms with Crippen LogP contribution in [0.25, 0.3) is 0 Å². The van der Waals surface area contributed by atoms with Gasteiger partial charge >= 0.3 is 0 Å². The lowest BCUT2D eigenvalue weighted by Gasteiger charge is -2.32. The summed E-state index contributed by atoms with van der Waals surface area (Å²) < 4.78 is 5.59. The number of nitrogens with one attached hydrogen (secondary N) is 1. The lowest BCUT2D eigenvalue weighted by Crippen LogP contribution is -2.45. The Labute approximate surface area is 126 Å². The zero-order valence-electron chi connectivity index (χ0n) is 13.3. The van der Waals surface area contributed by atoms with Gasteiger partial charge in [-0.25, -0.2) is 4.98 Å². The highest BCUT2D eigenvalue weighted by Crippen LogP contribution is 2.11. The summed E-state index contributed by atoms with van der Waals surface area (Å²) in [5.41, 5.74) is 0. The lowest BCUT2D eigenvalue weighted by atomic mass is 10.1. The van der Waals surface area contributed by atoms with Crippen molar-refractivity contribution >= 4 is 5.91 Å². The van der Waals surface area contributed by atoms with Gasteiger partial charge in [-0.1, -0.05) is 6.92 Å². The van der Waals surface area contributed by atoms with Crippen LogP contribution in [-0.4, -0.2) is 60.5 Å². The number of aryl methyl sites for hydroxylation is 1. The Morgan fingerprint density at radius 3 is 2.76 bits per heavy atom. The molecule has 0 unspecified atom stereocenters. The van der Waals surface area contributed by atoms with Gasteiger partial charge in [-0.3, -0.25) is 9.69 Å². The van der Waals surface area contributed by atoms with E-state index >= 15 is 0 Å². The predicted molar refractivity (Wildman–Crippen MR) is 80.9 cm³/mol. The molecule has 0 atom stereocenters. The van der Waals surface area contributed by atoms with E-state index in [4.69, 9.17) is 4.42 Å². The number of piperidine rings is 1. The standard InChI is InChI=1S/C15H26N4O2/c1-4-13-9-17-14(21-13)10-16-12-5-7-19(8-6-12)11-15(20)18(2)3/h9,12,16H,4-8,10-11H2,1-3H3. The van der Waals surface area contributed by atoms with E-state index in [1.165, 1.54) is 0 Å². The molecule has 6 nitrogen and oxygen atoms in total. The molecule has 1 N–H and O–H groups in total. The normalized spacial score (nSPS) is 17.1. The summed E-state index contributed by atoms with van der Waals surface area (Å²) in [6.45, 7) is 5.19. The second-order valence-electron chi connectivity index (χ2n) is 5.79. The molecular weight excluding hydrogens is 268 g/mol. The molecule has 1 amide bonds. The summed E-state index contributed by atoms with van der Waals surface area (Å²) in [6.07, 6.45) is 4.79. The van der Waals surface area contributed by atoms with Gasteiger partial charge in [0.25, 0.3) is 0 Å². The van der Waals surface area contributed by atoms with Crippen LogP contribution >= 0.6 is 0 Å². The molecule has 0 saturated carbocycles. The Bertz CT molecular complexity index is 450. The second-order valence-corrected chi connectivity index (χ2v) is 5.79. The summed E-state index contributed by atoms with van der Waals surface area (Å²) in [5, 5.41) is 3.49. The van der Waals surface area contributed by atoms with Crippen molar-refractivity contribution in [1.29, 1.82) is 0 Å². The van der Waals surface area contributed by atoms with Gasteiger partial charge in [0.15, 0.2) is 0 Å². The summed E-state index contributed by atoms with van der Waals surface area (Å²) in [6, 6.07) is 0.479. The first-order chi connectivity index (χ1) is 10.1. The summed E-state index contributed by atoms with van der Waals surface area (Å²) in [7, 11) is 3.61. The molecule has 6 heteroatoms. The number of aromatic nitrogens is 1. The van der Waals surface area contributed by atoms with Crippen LogP contribution < -0.4 is 5.32 Å². The van der Waals surface area contributed by atoms with Crippen LogP contribution in [0.4, 0.5) is 0 Å². The number of carbonyl (C=O) groups excluding carboxylic acids is 1. The third-order valence-corrected chi connectivity index (χ3v) is 3.94. The third kappa shape index (κ3) is 4.82. The number of hydrogen-bond acceptors (Lipinski definition) is 5. The maximum atomic E-state index is 11.7. The minimum Gasteiger partial charge on any atom is -0.444 e. The van der Waals surface area contributed by atoms with E-state index in [0.717, 1.165) is 44.0 Å². The summed E-state index contributed by atoms with van der Waals surface area (Å²) >= 11 is 0. The van der Waals surface area contributed by atoms with Gasteiger partial charge in [0, 0.05) is 39.6 Å². The van der Waals surface area contributed by atoms with E-state index < -0.39 is 0 Å². The predicted octanol–water partition coefficient (Wildman–Crippen LogP) is 0.879. The molecule has 0 spiro atoms.